The fourth-order valence-electron chi connectivity index (χ4n) is 3.97. The van der Waals surface area contributed by atoms with Gasteiger partial charge < -0.3 is 4.90 Å². The van der Waals surface area contributed by atoms with E-state index in [0.29, 0.717) is 18.5 Å². The largest absolute Gasteiger partial charge is 0.342 e. The Kier molecular flexibility index (Phi) is 5.52. The van der Waals surface area contributed by atoms with E-state index in [4.69, 9.17) is 4.98 Å². The van der Waals surface area contributed by atoms with E-state index in [2.05, 4.69) is 45.9 Å². The Balaban J connectivity index is 1.30. The molecule has 0 saturated carbocycles. The summed E-state index contributed by atoms with van der Waals surface area (Å²) in [6, 6.07) is 8.70. The second kappa shape index (κ2) is 8.03. The fraction of sp³-hybridized carbons (Fsp3) is 0.600. The molecule has 1 aromatic heterocycles. The summed E-state index contributed by atoms with van der Waals surface area (Å²) >= 11 is 1.80. The Bertz CT molecular complexity index is 714. The van der Waals surface area contributed by atoms with Crippen LogP contribution in [0.1, 0.15) is 37.2 Å². The van der Waals surface area contributed by atoms with E-state index in [-0.39, 0.29) is 0 Å². The number of thiazole rings is 1. The van der Waals surface area contributed by atoms with Crippen molar-refractivity contribution in [3.63, 3.8) is 0 Å². The highest BCUT2D eigenvalue weighted by Crippen LogP contribution is 2.29. The van der Waals surface area contributed by atoms with Crippen molar-refractivity contribution in [1.82, 2.24) is 19.7 Å². The van der Waals surface area contributed by atoms with Crippen molar-refractivity contribution in [3.8, 4) is 0 Å². The molecule has 1 unspecified atom stereocenters. The van der Waals surface area contributed by atoms with Crippen LogP contribution in [0.3, 0.4) is 0 Å². The van der Waals surface area contributed by atoms with Crippen molar-refractivity contribution in [2.75, 3.05) is 45.8 Å². The Morgan fingerprint density at radius 3 is 2.54 bits per heavy atom. The number of rotatable bonds is 4. The van der Waals surface area contributed by atoms with Crippen molar-refractivity contribution >= 4 is 27.5 Å². The van der Waals surface area contributed by atoms with Crippen LogP contribution in [-0.4, -0.2) is 71.4 Å². The van der Waals surface area contributed by atoms with E-state index in [1.807, 2.05) is 0 Å². The zero-order chi connectivity index (χ0) is 17.9. The molecule has 2 saturated heterocycles. The van der Waals surface area contributed by atoms with Crippen molar-refractivity contribution in [2.45, 2.75) is 32.2 Å². The molecular formula is C20H28N4OS. The molecule has 1 amide bonds. The van der Waals surface area contributed by atoms with E-state index in [9.17, 15) is 4.79 Å². The Morgan fingerprint density at radius 2 is 1.81 bits per heavy atom. The molecule has 0 N–H and O–H groups in total. The quantitative estimate of drug-likeness (QED) is 0.827. The molecular weight excluding hydrogens is 344 g/mol. The van der Waals surface area contributed by atoms with Crippen LogP contribution < -0.4 is 0 Å². The summed E-state index contributed by atoms with van der Waals surface area (Å²) in [6.07, 6.45) is 3.60. The van der Waals surface area contributed by atoms with Crippen molar-refractivity contribution in [1.29, 1.82) is 0 Å². The number of hydrogen-bond donors (Lipinski definition) is 0. The van der Waals surface area contributed by atoms with Gasteiger partial charge in [0.25, 0.3) is 0 Å². The normalized spacial score (nSPS) is 21.2. The molecule has 2 aliphatic rings. The summed E-state index contributed by atoms with van der Waals surface area (Å²) in [5.41, 5.74) is 1.10. The molecule has 2 fully saturated rings. The molecule has 2 aliphatic heterocycles. The average molecular weight is 373 g/mol. The van der Waals surface area contributed by atoms with E-state index in [1.54, 1.807) is 11.3 Å². The molecule has 0 bridgehead atoms. The van der Waals surface area contributed by atoms with Crippen LogP contribution in [0.15, 0.2) is 24.3 Å². The van der Waals surface area contributed by atoms with Gasteiger partial charge in [0.05, 0.1) is 22.8 Å². The molecule has 4 rings (SSSR count). The van der Waals surface area contributed by atoms with Crippen LogP contribution in [0, 0.1) is 0 Å². The lowest BCUT2D eigenvalue weighted by Gasteiger charge is -2.38. The van der Waals surface area contributed by atoms with Gasteiger partial charge in [0.2, 0.25) is 5.91 Å². The maximum Gasteiger partial charge on any atom is 0.236 e. The van der Waals surface area contributed by atoms with Crippen LogP contribution in [0.5, 0.6) is 0 Å². The molecule has 3 heterocycles. The number of carbonyl (C=O) groups excluding carboxylic acids is 1. The first-order valence-corrected chi connectivity index (χ1v) is 10.6. The monoisotopic (exact) mass is 372 g/mol. The number of nitrogens with zero attached hydrogens (tertiary/aromatic N) is 4. The number of aromatic nitrogens is 1. The number of piperidine rings is 1. The summed E-state index contributed by atoms with van der Waals surface area (Å²) in [5.74, 6) is 0.317. The fourth-order valence-corrected chi connectivity index (χ4v) is 5.02. The zero-order valence-electron chi connectivity index (χ0n) is 15.6. The van der Waals surface area contributed by atoms with Crippen molar-refractivity contribution in [3.05, 3.63) is 29.3 Å². The van der Waals surface area contributed by atoms with E-state index in [1.165, 1.54) is 29.0 Å². The van der Waals surface area contributed by atoms with Crippen molar-refractivity contribution < 1.29 is 4.79 Å². The lowest BCUT2D eigenvalue weighted by Crippen LogP contribution is -2.51. The van der Waals surface area contributed by atoms with Crippen LogP contribution in [0.25, 0.3) is 10.2 Å². The van der Waals surface area contributed by atoms with E-state index in [0.717, 1.165) is 44.8 Å². The Morgan fingerprint density at radius 1 is 1.08 bits per heavy atom. The second-order valence-electron chi connectivity index (χ2n) is 7.45. The third-order valence-corrected chi connectivity index (χ3v) is 6.90. The number of likely N-dealkylation sites (tertiary alicyclic amines) is 1. The van der Waals surface area contributed by atoms with Crippen LogP contribution >= 0.6 is 11.3 Å². The van der Waals surface area contributed by atoms with Gasteiger partial charge in [0.1, 0.15) is 5.01 Å². The maximum absolute atomic E-state index is 12.5. The van der Waals surface area contributed by atoms with Crippen LogP contribution in [-0.2, 0) is 4.79 Å². The van der Waals surface area contributed by atoms with E-state index >= 15 is 0 Å². The predicted octanol–water partition coefficient (Wildman–Crippen LogP) is 2.99. The first-order valence-electron chi connectivity index (χ1n) is 9.80. The summed E-state index contributed by atoms with van der Waals surface area (Å²) in [6.45, 7) is 8.69. The molecule has 0 spiro atoms. The minimum atomic E-state index is 0.317. The SMILES string of the molecule is CC(c1nc2ccccc2s1)N1CCN(CC(=O)N2CCCCC2)CC1. The summed E-state index contributed by atoms with van der Waals surface area (Å²) in [7, 11) is 0. The van der Waals surface area contributed by atoms with Crippen LogP contribution in [0.2, 0.25) is 0 Å². The van der Waals surface area contributed by atoms with Gasteiger partial charge in [-0.15, -0.1) is 11.3 Å². The minimum Gasteiger partial charge on any atom is -0.342 e. The average Bonchev–Trinajstić information content (AvgIpc) is 3.13. The molecule has 140 valence electrons. The highest BCUT2D eigenvalue weighted by atomic mass is 32.1. The molecule has 0 radical (unpaired) electrons. The third-order valence-electron chi connectivity index (χ3n) is 5.69. The van der Waals surface area contributed by atoms with Gasteiger partial charge >= 0.3 is 0 Å². The molecule has 1 atom stereocenters. The lowest BCUT2D eigenvalue weighted by atomic mass is 10.1. The molecule has 2 aromatic rings. The van der Waals surface area contributed by atoms with Gasteiger partial charge in [-0.25, -0.2) is 4.98 Å². The number of hydrogen-bond acceptors (Lipinski definition) is 5. The number of fused-ring (bicyclic) bond motifs is 1. The minimum absolute atomic E-state index is 0.317. The van der Waals surface area contributed by atoms with Crippen LogP contribution in [0.4, 0.5) is 0 Å². The highest BCUT2D eigenvalue weighted by molar-refractivity contribution is 7.18. The number of benzene rings is 1. The molecule has 0 aliphatic carbocycles. The summed E-state index contributed by atoms with van der Waals surface area (Å²) in [4.78, 5) is 24.2. The number of amides is 1. The van der Waals surface area contributed by atoms with Gasteiger partial charge in [-0.2, -0.15) is 0 Å². The smallest absolute Gasteiger partial charge is 0.236 e. The van der Waals surface area contributed by atoms with Gasteiger partial charge in [-0.3, -0.25) is 14.6 Å². The molecule has 26 heavy (non-hydrogen) atoms. The standard InChI is InChI=1S/C20H28N4OS/c1-16(20-21-17-7-3-4-8-18(17)26-20)23-13-11-22(12-14-23)15-19(25)24-9-5-2-6-10-24/h3-4,7-8,16H,2,5-6,9-15H2,1H3. The van der Waals surface area contributed by atoms with Gasteiger partial charge in [0, 0.05) is 39.3 Å². The number of piperazine rings is 1. The third kappa shape index (κ3) is 3.92. The maximum atomic E-state index is 12.5. The molecule has 5 nitrogen and oxygen atoms in total. The van der Waals surface area contributed by atoms with Gasteiger partial charge in [-0.1, -0.05) is 12.1 Å². The first kappa shape index (κ1) is 17.9. The Hall–Kier alpha value is -1.50. The Labute approximate surface area is 159 Å². The highest BCUT2D eigenvalue weighted by Gasteiger charge is 2.26. The molecule has 1 aromatic carbocycles. The summed E-state index contributed by atoms with van der Waals surface area (Å²) < 4.78 is 1.26. The molecule has 6 heteroatoms. The van der Waals surface area contributed by atoms with E-state index < -0.39 is 0 Å². The first-order chi connectivity index (χ1) is 12.7. The lowest BCUT2D eigenvalue weighted by molar-refractivity contribution is -0.133. The second-order valence-corrected chi connectivity index (χ2v) is 8.51. The van der Waals surface area contributed by atoms with Gasteiger partial charge in [0.15, 0.2) is 0 Å². The topological polar surface area (TPSA) is 39.7 Å². The predicted molar refractivity (Wildman–Crippen MR) is 106 cm³/mol. The summed E-state index contributed by atoms with van der Waals surface area (Å²) in [5, 5.41) is 1.20. The zero-order valence-corrected chi connectivity index (χ0v) is 16.4. The number of para-hydroxylation sites is 1. The van der Waals surface area contributed by atoms with Crippen molar-refractivity contribution in [2.24, 2.45) is 0 Å². The number of carbonyl (C=O) groups is 1. The van der Waals surface area contributed by atoms with Gasteiger partial charge in [-0.05, 0) is 38.3 Å².